The molecule has 0 atom stereocenters. The molecule has 1 aliphatic heterocycles. The Hall–Kier alpha value is -1.85. The number of carbonyl (C=O) groups is 1. The molecule has 6 heteroatoms. The normalized spacial score (nSPS) is 18.0. The third-order valence-electron chi connectivity index (χ3n) is 4.20. The van der Waals surface area contributed by atoms with Gasteiger partial charge in [0.05, 0.1) is 5.41 Å². The van der Waals surface area contributed by atoms with Gasteiger partial charge < -0.3 is 14.6 Å². The summed E-state index contributed by atoms with van der Waals surface area (Å²) in [5.74, 6) is -0.293. The summed E-state index contributed by atoms with van der Waals surface area (Å²) < 4.78 is 1.49. The Labute approximate surface area is 118 Å². The predicted octanol–water partition coefficient (Wildman–Crippen LogP) is 1.25. The highest BCUT2D eigenvalue weighted by molar-refractivity contribution is 5.75. The van der Waals surface area contributed by atoms with Crippen LogP contribution >= 0.6 is 0 Å². The fourth-order valence-corrected chi connectivity index (χ4v) is 2.90. The molecule has 0 radical (unpaired) electrons. The molecule has 110 valence electrons. The summed E-state index contributed by atoms with van der Waals surface area (Å²) in [6.07, 6.45) is 5.90. The van der Waals surface area contributed by atoms with E-state index in [0.717, 1.165) is 6.42 Å². The van der Waals surface area contributed by atoms with Crippen molar-refractivity contribution in [3.8, 4) is 0 Å². The van der Waals surface area contributed by atoms with Crippen LogP contribution in [0, 0.1) is 5.41 Å². The molecule has 1 saturated heterocycles. The van der Waals surface area contributed by atoms with Crippen molar-refractivity contribution in [1.29, 1.82) is 0 Å². The lowest BCUT2D eigenvalue weighted by Gasteiger charge is -2.39. The zero-order chi connectivity index (χ0) is 14.8. The van der Waals surface area contributed by atoms with Gasteiger partial charge >= 0.3 is 5.97 Å². The Bertz CT molecular complexity index is 545. The number of hydrogen-bond acceptors (Lipinski definition) is 4. The number of aromatic nitrogens is 2. The van der Waals surface area contributed by atoms with Crippen molar-refractivity contribution in [3.63, 3.8) is 0 Å². The standard InChI is InChI=1S/C14H21N3O3/c1-3-4-14(13(19)20)5-8-17(9-6-14)11-12(18)16(2)10-7-15-11/h7,10H,3-6,8-9H2,1-2H3,(H,19,20). The molecular weight excluding hydrogens is 258 g/mol. The van der Waals surface area contributed by atoms with E-state index in [0.29, 0.717) is 38.2 Å². The van der Waals surface area contributed by atoms with E-state index in [9.17, 15) is 14.7 Å². The first-order valence-electron chi connectivity index (χ1n) is 7.00. The van der Waals surface area contributed by atoms with Crippen LogP contribution < -0.4 is 10.5 Å². The van der Waals surface area contributed by atoms with Crippen LogP contribution in [0.4, 0.5) is 5.82 Å². The van der Waals surface area contributed by atoms with Gasteiger partial charge in [-0.3, -0.25) is 9.59 Å². The van der Waals surface area contributed by atoms with Crippen LogP contribution in [-0.2, 0) is 11.8 Å². The number of aryl methyl sites for hydroxylation is 1. The minimum absolute atomic E-state index is 0.134. The van der Waals surface area contributed by atoms with E-state index in [1.807, 2.05) is 11.8 Å². The molecule has 0 spiro atoms. The molecule has 1 aliphatic rings. The van der Waals surface area contributed by atoms with Gasteiger partial charge in [0, 0.05) is 32.5 Å². The van der Waals surface area contributed by atoms with Gasteiger partial charge in [0.1, 0.15) is 0 Å². The van der Waals surface area contributed by atoms with E-state index in [-0.39, 0.29) is 5.56 Å². The summed E-state index contributed by atoms with van der Waals surface area (Å²) in [5, 5.41) is 9.48. The van der Waals surface area contributed by atoms with Gasteiger partial charge in [-0.25, -0.2) is 4.98 Å². The van der Waals surface area contributed by atoms with Crippen LogP contribution in [0.5, 0.6) is 0 Å². The van der Waals surface area contributed by atoms with E-state index in [4.69, 9.17) is 0 Å². The van der Waals surface area contributed by atoms with Crippen molar-refractivity contribution in [2.24, 2.45) is 12.5 Å². The van der Waals surface area contributed by atoms with Gasteiger partial charge in [-0.05, 0) is 19.3 Å². The third kappa shape index (κ3) is 2.55. The summed E-state index contributed by atoms with van der Waals surface area (Å²) in [4.78, 5) is 29.6. The molecule has 0 aromatic carbocycles. The zero-order valence-corrected chi connectivity index (χ0v) is 12.0. The smallest absolute Gasteiger partial charge is 0.309 e. The molecule has 0 saturated carbocycles. The minimum atomic E-state index is -0.715. The van der Waals surface area contributed by atoms with Gasteiger partial charge in [-0.1, -0.05) is 13.3 Å². The van der Waals surface area contributed by atoms with Crippen molar-refractivity contribution in [2.45, 2.75) is 32.6 Å². The Morgan fingerprint density at radius 1 is 1.45 bits per heavy atom. The molecule has 1 aromatic heterocycles. The van der Waals surface area contributed by atoms with E-state index >= 15 is 0 Å². The second-order valence-electron chi connectivity index (χ2n) is 5.49. The van der Waals surface area contributed by atoms with E-state index in [1.165, 1.54) is 4.57 Å². The molecule has 0 amide bonds. The maximum atomic E-state index is 12.0. The first-order chi connectivity index (χ1) is 9.50. The summed E-state index contributed by atoms with van der Waals surface area (Å²) >= 11 is 0. The Morgan fingerprint density at radius 3 is 2.65 bits per heavy atom. The van der Waals surface area contributed by atoms with Crippen LogP contribution in [0.3, 0.4) is 0 Å². The number of hydrogen-bond donors (Lipinski definition) is 1. The lowest BCUT2D eigenvalue weighted by atomic mass is 9.75. The SMILES string of the molecule is CCCC1(C(=O)O)CCN(c2nccn(C)c2=O)CC1. The molecule has 1 aromatic rings. The van der Waals surface area contributed by atoms with Crippen molar-refractivity contribution < 1.29 is 9.90 Å². The molecule has 6 nitrogen and oxygen atoms in total. The second-order valence-corrected chi connectivity index (χ2v) is 5.49. The number of piperidine rings is 1. The molecule has 2 rings (SSSR count). The fraction of sp³-hybridized carbons (Fsp3) is 0.643. The highest BCUT2D eigenvalue weighted by Gasteiger charge is 2.41. The van der Waals surface area contributed by atoms with E-state index in [2.05, 4.69) is 4.98 Å². The topological polar surface area (TPSA) is 75.4 Å². The lowest BCUT2D eigenvalue weighted by molar-refractivity contribution is -0.150. The number of anilines is 1. The van der Waals surface area contributed by atoms with Gasteiger partial charge in [0.15, 0.2) is 5.82 Å². The quantitative estimate of drug-likeness (QED) is 0.897. The largest absolute Gasteiger partial charge is 0.481 e. The van der Waals surface area contributed by atoms with Crippen molar-refractivity contribution in [1.82, 2.24) is 9.55 Å². The van der Waals surface area contributed by atoms with Crippen molar-refractivity contribution in [2.75, 3.05) is 18.0 Å². The minimum Gasteiger partial charge on any atom is -0.481 e. The molecule has 0 bridgehead atoms. The van der Waals surface area contributed by atoms with Crippen LogP contribution in [0.2, 0.25) is 0 Å². The maximum absolute atomic E-state index is 12.0. The molecule has 20 heavy (non-hydrogen) atoms. The summed E-state index contributed by atoms with van der Waals surface area (Å²) in [7, 11) is 1.69. The molecule has 2 heterocycles. The van der Waals surface area contributed by atoms with Gasteiger partial charge in [-0.2, -0.15) is 0 Å². The number of aliphatic carboxylic acids is 1. The van der Waals surface area contributed by atoms with E-state index in [1.54, 1.807) is 19.4 Å². The molecular formula is C14H21N3O3. The number of rotatable bonds is 4. The third-order valence-corrected chi connectivity index (χ3v) is 4.20. The fourth-order valence-electron chi connectivity index (χ4n) is 2.90. The molecule has 0 aliphatic carbocycles. The highest BCUT2D eigenvalue weighted by Crippen LogP contribution is 2.37. The average Bonchev–Trinajstić information content (AvgIpc) is 2.43. The second kappa shape index (κ2) is 5.64. The van der Waals surface area contributed by atoms with Gasteiger partial charge in [0.2, 0.25) is 0 Å². The first kappa shape index (κ1) is 14.6. The van der Waals surface area contributed by atoms with E-state index < -0.39 is 11.4 Å². The van der Waals surface area contributed by atoms with Gasteiger partial charge in [-0.15, -0.1) is 0 Å². The summed E-state index contributed by atoms with van der Waals surface area (Å²) in [6.45, 7) is 3.14. The maximum Gasteiger partial charge on any atom is 0.309 e. The monoisotopic (exact) mass is 279 g/mol. The van der Waals surface area contributed by atoms with Crippen LogP contribution in [0.15, 0.2) is 17.2 Å². The van der Waals surface area contributed by atoms with Crippen LogP contribution in [0.1, 0.15) is 32.6 Å². The van der Waals surface area contributed by atoms with Crippen LogP contribution in [0.25, 0.3) is 0 Å². The predicted molar refractivity (Wildman–Crippen MR) is 75.9 cm³/mol. The van der Waals surface area contributed by atoms with Crippen molar-refractivity contribution in [3.05, 3.63) is 22.7 Å². The number of nitrogens with zero attached hydrogens (tertiary/aromatic N) is 3. The lowest BCUT2D eigenvalue weighted by Crippen LogP contribution is -2.46. The first-order valence-corrected chi connectivity index (χ1v) is 7.00. The molecule has 1 fully saturated rings. The van der Waals surface area contributed by atoms with Gasteiger partial charge in [0.25, 0.3) is 5.56 Å². The number of carboxylic acid groups (broad SMARTS) is 1. The highest BCUT2D eigenvalue weighted by atomic mass is 16.4. The van der Waals surface area contributed by atoms with Crippen molar-refractivity contribution >= 4 is 11.8 Å². The molecule has 0 unspecified atom stereocenters. The van der Waals surface area contributed by atoms with Crippen LogP contribution in [-0.4, -0.2) is 33.7 Å². The average molecular weight is 279 g/mol. The molecule has 1 N–H and O–H groups in total. The Kier molecular flexibility index (Phi) is 4.11. The number of carboxylic acids is 1. The summed E-state index contributed by atoms with van der Waals surface area (Å²) in [6, 6.07) is 0. The summed E-state index contributed by atoms with van der Waals surface area (Å²) in [5.41, 5.74) is -0.767. The zero-order valence-electron chi connectivity index (χ0n) is 12.0. The Balaban J connectivity index is 2.16. The Morgan fingerprint density at radius 2 is 2.10 bits per heavy atom.